The molecule has 4 heteroatoms. The first-order valence-electron chi connectivity index (χ1n) is 4.89. The van der Waals surface area contributed by atoms with E-state index in [1.165, 1.54) is 6.33 Å². The Labute approximate surface area is 83.0 Å². The molecule has 0 bridgehead atoms. The van der Waals surface area contributed by atoms with Crippen molar-refractivity contribution < 1.29 is 9.84 Å². The number of aliphatic hydroxyl groups is 1. The molecule has 1 aliphatic rings. The van der Waals surface area contributed by atoms with Gasteiger partial charge >= 0.3 is 0 Å². The number of rotatable bonds is 2. The lowest BCUT2D eigenvalue weighted by atomic mass is 9.94. The van der Waals surface area contributed by atoms with Gasteiger partial charge in [-0.3, -0.25) is 0 Å². The smallest absolute Gasteiger partial charge is 0.115 e. The zero-order chi connectivity index (χ0) is 9.80. The van der Waals surface area contributed by atoms with E-state index in [4.69, 9.17) is 4.74 Å². The van der Waals surface area contributed by atoms with Crippen LogP contribution in [-0.2, 0) is 4.74 Å². The average Bonchev–Trinajstić information content (AvgIpc) is 2.30. The first-order chi connectivity index (χ1) is 6.88. The second-order valence-electron chi connectivity index (χ2n) is 3.56. The third kappa shape index (κ3) is 2.08. The monoisotopic (exact) mass is 194 g/mol. The maximum atomic E-state index is 9.98. The highest BCUT2D eigenvalue weighted by molar-refractivity contribution is 5.03. The molecule has 14 heavy (non-hydrogen) atoms. The number of hydrogen-bond donors (Lipinski definition) is 1. The molecule has 0 aliphatic carbocycles. The molecule has 76 valence electrons. The molecule has 2 heterocycles. The molecular formula is C10H14N2O2. The maximum Gasteiger partial charge on any atom is 0.115 e. The van der Waals surface area contributed by atoms with Crippen molar-refractivity contribution in [1.29, 1.82) is 0 Å². The van der Waals surface area contributed by atoms with Crippen molar-refractivity contribution in [3.8, 4) is 0 Å². The minimum absolute atomic E-state index is 0.179. The summed E-state index contributed by atoms with van der Waals surface area (Å²) in [5, 5.41) is 9.98. The molecule has 1 aromatic rings. The zero-order valence-corrected chi connectivity index (χ0v) is 7.97. The molecule has 2 rings (SSSR count). The summed E-state index contributed by atoms with van der Waals surface area (Å²) in [5.41, 5.74) is 0.690. The molecule has 0 radical (unpaired) electrons. The minimum atomic E-state index is -0.515. The van der Waals surface area contributed by atoms with Crippen molar-refractivity contribution in [1.82, 2.24) is 9.97 Å². The van der Waals surface area contributed by atoms with Crippen LogP contribution in [-0.4, -0.2) is 28.3 Å². The molecule has 1 aromatic heterocycles. The third-order valence-corrected chi connectivity index (χ3v) is 2.55. The van der Waals surface area contributed by atoms with E-state index in [2.05, 4.69) is 9.97 Å². The zero-order valence-electron chi connectivity index (χ0n) is 7.97. The molecule has 1 N–H and O–H groups in total. The lowest BCUT2D eigenvalue weighted by molar-refractivity contribution is -0.0116. The fourth-order valence-electron chi connectivity index (χ4n) is 1.73. The highest BCUT2D eigenvalue weighted by Crippen LogP contribution is 2.26. The van der Waals surface area contributed by atoms with E-state index in [-0.39, 0.29) is 5.92 Å². The first kappa shape index (κ1) is 9.55. The average molecular weight is 194 g/mol. The van der Waals surface area contributed by atoms with E-state index in [1.54, 1.807) is 12.3 Å². The van der Waals surface area contributed by atoms with Gasteiger partial charge in [-0.1, -0.05) is 0 Å². The van der Waals surface area contributed by atoms with Crippen molar-refractivity contribution in [3.05, 3.63) is 24.3 Å². The van der Waals surface area contributed by atoms with Gasteiger partial charge in [0, 0.05) is 18.7 Å². The fraction of sp³-hybridized carbons (Fsp3) is 0.600. The van der Waals surface area contributed by atoms with Gasteiger partial charge < -0.3 is 9.84 Å². The van der Waals surface area contributed by atoms with Gasteiger partial charge in [0.2, 0.25) is 0 Å². The summed E-state index contributed by atoms with van der Waals surface area (Å²) in [4.78, 5) is 7.86. The molecule has 2 atom stereocenters. The summed E-state index contributed by atoms with van der Waals surface area (Å²) in [6, 6.07) is 1.75. The number of aromatic nitrogens is 2. The Hall–Kier alpha value is -1.00. The summed E-state index contributed by atoms with van der Waals surface area (Å²) in [7, 11) is 0. The van der Waals surface area contributed by atoms with Crippen molar-refractivity contribution >= 4 is 0 Å². The van der Waals surface area contributed by atoms with Crippen molar-refractivity contribution in [2.45, 2.75) is 18.9 Å². The molecule has 1 aliphatic heterocycles. The van der Waals surface area contributed by atoms with Crippen molar-refractivity contribution in [2.75, 3.05) is 13.2 Å². The Morgan fingerprint density at radius 3 is 3.14 bits per heavy atom. The SMILES string of the molecule is OC(c1ccncn1)C1CCCOC1. The van der Waals surface area contributed by atoms with Crippen LogP contribution >= 0.6 is 0 Å². The van der Waals surface area contributed by atoms with Crippen LogP contribution in [0.25, 0.3) is 0 Å². The number of nitrogens with zero attached hydrogens (tertiary/aromatic N) is 2. The summed E-state index contributed by atoms with van der Waals surface area (Å²) in [5.74, 6) is 0.179. The topological polar surface area (TPSA) is 55.2 Å². The Morgan fingerprint density at radius 2 is 2.50 bits per heavy atom. The van der Waals surface area contributed by atoms with E-state index in [9.17, 15) is 5.11 Å². The molecule has 0 amide bonds. The van der Waals surface area contributed by atoms with Crippen LogP contribution in [0.1, 0.15) is 24.6 Å². The van der Waals surface area contributed by atoms with Gasteiger partial charge in [-0.2, -0.15) is 0 Å². The molecule has 2 unspecified atom stereocenters. The molecule has 1 fully saturated rings. The largest absolute Gasteiger partial charge is 0.386 e. The van der Waals surface area contributed by atoms with Gasteiger partial charge in [0.15, 0.2) is 0 Å². The van der Waals surface area contributed by atoms with Gasteiger partial charge in [-0.05, 0) is 18.9 Å². The van der Waals surface area contributed by atoms with E-state index < -0.39 is 6.10 Å². The highest BCUT2D eigenvalue weighted by atomic mass is 16.5. The second kappa shape index (κ2) is 4.48. The lowest BCUT2D eigenvalue weighted by Gasteiger charge is -2.26. The van der Waals surface area contributed by atoms with E-state index in [1.807, 2.05) is 0 Å². The number of ether oxygens (including phenoxy) is 1. The lowest BCUT2D eigenvalue weighted by Crippen LogP contribution is -2.24. The first-order valence-corrected chi connectivity index (χ1v) is 4.89. The van der Waals surface area contributed by atoms with Crippen molar-refractivity contribution in [3.63, 3.8) is 0 Å². The fourth-order valence-corrected chi connectivity index (χ4v) is 1.73. The van der Waals surface area contributed by atoms with Crippen LogP contribution in [0, 0.1) is 5.92 Å². The van der Waals surface area contributed by atoms with Gasteiger partial charge in [-0.15, -0.1) is 0 Å². The maximum absolute atomic E-state index is 9.98. The third-order valence-electron chi connectivity index (χ3n) is 2.55. The van der Waals surface area contributed by atoms with E-state index in [0.29, 0.717) is 12.3 Å². The van der Waals surface area contributed by atoms with Gasteiger partial charge in [0.1, 0.15) is 12.4 Å². The van der Waals surface area contributed by atoms with Crippen molar-refractivity contribution in [2.24, 2.45) is 5.92 Å². The molecule has 0 spiro atoms. The Balaban J connectivity index is 2.03. The summed E-state index contributed by atoms with van der Waals surface area (Å²) < 4.78 is 5.32. The number of aliphatic hydroxyl groups excluding tert-OH is 1. The Kier molecular flexibility index (Phi) is 3.06. The van der Waals surface area contributed by atoms with E-state index in [0.717, 1.165) is 19.4 Å². The van der Waals surface area contributed by atoms with E-state index >= 15 is 0 Å². The summed E-state index contributed by atoms with van der Waals surface area (Å²) >= 11 is 0. The Bertz CT molecular complexity index is 273. The normalized spacial score (nSPS) is 24.5. The quantitative estimate of drug-likeness (QED) is 0.761. The Morgan fingerprint density at radius 1 is 1.57 bits per heavy atom. The van der Waals surface area contributed by atoms with Crippen LogP contribution in [0.5, 0.6) is 0 Å². The van der Waals surface area contributed by atoms with Crippen LogP contribution in [0.2, 0.25) is 0 Å². The molecule has 4 nitrogen and oxygen atoms in total. The number of hydrogen-bond acceptors (Lipinski definition) is 4. The van der Waals surface area contributed by atoms with Gasteiger partial charge in [0.25, 0.3) is 0 Å². The molecule has 1 saturated heterocycles. The van der Waals surface area contributed by atoms with Crippen LogP contribution < -0.4 is 0 Å². The minimum Gasteiger partial charge on any atom is -0.386 e. The van der Waals surface area contributed by atoms with Gasteiger partial charge in [0.05, 0.1) is 12.3 Å². The van der Waals surface area contributed by atoms with Crippen LogP contribution in [0.15, 0.2) is 18.6 Å². The second-order valence-corrected chi connectivity index (χ2v) is 3.56. The van der Waals surface area contributed by atoms with Crippen LogP contribution in [0.4, 0.5) is 0 Å². The predicted molar refractivity (Wildman–Crippen MR) is 50.5 cm³/mol. The highest BCUT2D eigenvalue weighted by Gasteiger charge is 2.24. The molecular weight excluding hydrogens is 180 g/mol. The molecule has 0 saturated carbocycles. The van der Waals surface area contributed by atoms with Crippen LogP contribution in [0.3, 0.4) is 0 Å². The summed E-state index contributed by atoms with van der Waals surface area (Å²) in [6.07, 6.45) is 4.62. The predicted octanol–water partition coefficient (Wildman–Crippen LogP) is 0.937. The summed E-state index contributed by atoms with van der Waals surface area (Å²) in [6.45, 7) is 1.44. The van der Waals surface area contributed by atoms with Gasteiger partial charge in [-0.25, -0.2) is 9.97 Å². The molecule has 0 aromatic carbocycles. The standard InChI is InChI=1S/C10H14N2O2/c13-10(8-2-1-5-14-6-8)9-3-4-11-7-12-9/h3-4,7-8,10,13H,1-2,5-6H2.